The van der Waals surface area contributed by atoms with E-state index in [1.165, 1.54) is 0 Å². The summed E-state index contributed by atoms with van der Waals surface area (Å²) in [5.74, 6) is 2.30. The summed E-state index contributed by atoms with van der Waals surface area (Å²) < 4.78 is 5.15. The van der Waals surface area contributed by atoms with Crippen molar-refractivity contribution in [1.82, 2.24) is 9.97 Å². The summed E-state index contributed by atoms with van der Waals surface area (Å²) in [6.45, 7) is 5.97. The van der Waals surface area contributed by atoms with Crippen LogP contribution in [0.3, 0.4) is 0 Å². The second-order valence-corrected chi connectivity index (χ2v) is 4.28. The van der Waals surface area contributed by atoms with Crippen molar-refractivity contribution in [2.45, 2.75) is 20.3 Å². The van der Waals surface area contributed by atoms with Crippen molar-refractivity contribution < 1.29 is 4.74 Å². The number of aryl methyl sites for hydroxylation is 1. The average Bonchev–Trinajstić information content (AvgIpc) is 2.28. The highest BCUT2D eigenvalue weighted by Gasteiger charge is 2.09. The van der Waals surface area contributed by atoms with Crippen LogP contribution >= 0.6 is 15.9 Å². The number of hydrogen-bond donors (Lipinski definition) is 0. The quantitative estimate of drug-likeness (QED) is 0.753. The lowest BCUT2D eigenvalue weighted by Crippen LogP contribution is -2.27. The molecule has 0 aromatic carbocycles. The number of ether oxygens (including phenoxy) is 1. The Bertz CT molecular complexity index is 327. The van der Waals surface area contributed by atoms with Gasteiger partial charge < -0.3 is 9.64 Å². The Hall–Kier alpha value is -0.840. The number of rotatable bonds is 6. The van der Waals surface area contributed by atoms with E-state index in [2.05, 4.69) is 37.7 Å². The van der Waals surface area contributed by atoms with Crippen LogP contribution in [0.2, 0.25) is 0 Å². The highest BCUT2D eigenvalue weighted by molar-refractivity contribution is 9.09. The summed E-state index contributed by atoms with van der Waals surface area (Å²) >= 11 is 3.46. The molecule has 1 aromatic heterocycles. The molecule has 0 fully saturated rings. The first-order valence-electron chi connectivity index (χ1n) is 5.41. The summed E-state index contributed by atoms with van der Waals surface area (Å²) in [5.41, 5.74) is 0. The zero-order chi connectivity index (χ0) is 12.0. The van der Waals surface area contributed by atoms with Crippen molar-refractivity contribution in [3.8, 4) is 5.88 Å². The molecular formula is C11H18BrN3O. The van der Waals surface area contributed by atoms with Gasteiger partial charge in [0.1, 0.15) is 11.6 Å². The fourth-order valence-corrected chi connectivity index (χ4v) is 1.93. The van der Waals surface area contributed by atoms with Gasteiger partial charge in [0.25, 0.3) is 0 Å². The van der Waals surface area contributed by atoms with E-state index in [1.807, 2.05) is 13.0 Å². The van der Waals surface area contributed by atoms with Crippen LogP contribution in [0.25, 0.3) is 0 Å². The summed E-state index contributed by atoms with van der Waals surface area (Å²) in [7, 11) is 1.63. The SMILES string of the molecule is CCCN(CCBr)c1cc(OC)nc(C)n1. The summed E-state index contributed by atoms with van der Waals surface area (Å²) in [5, 5.41) is 0.929. The number of methoxy groups -OCH3 is 1. The molecule has 0 saturated heterocycles. The van der Waals surface area contributed by atoms with Gasteiger partial charge in [-0.1, -0.05) is 22.9 Å². The molecule has 90 valence electrons. The van der Waals surface area contributed by atoms with Crippen LogP contribution in [-0.4, -0.2) is 35.5 Å². The Morgan fingerprint density at radius 3 is 2.69 bits per heavy atom. The van der Waals surface area contributed by atoms with Crippen LogP contribution in [0.5, 0.6) is 5.88 Å². The van der Waals surface area contributed by atoms with E-state index in [0.29, 0.717) is 5.88 Å². The number of hydrogen-bond acceptors (Lipinski definition) is 4. The van der Waals surface area contributed by atoms with Crippen LogP contribution in [0.4, 0.5) is 5.82 Å². The van der Waals surface area contributed by atoms with Gasteiger partial charge in [0.15, 0.2) is 0 Å². The zero-order valence-electron chi connectivity index (χ0n) is 10.0. The predicted octanol–water partition coefficient (Wildman–Crippen LogP) is 2.40. The molecule has 0 unspecified atom stereocenters. The van der Waals surface area contributed by atoms with Gasteiger partial charge in [-0.05, 0) is 13.3 Å². The minimum Gasteiger partial charge on any atom is -0.481 e. The minimum atomic E-state index is 0.623. The summed E-state index contributed by atoms with van der Waals surface area (Å²) in [6.07, 6.45) is 1.10. The highest BCUT2D eigenvalue weighted by Crippen LogP contribution is 2.17. The summed E-state index contributed by atoms with van der Waals surface area (Å²) in [4.78, 5) is 10.8. The van der Waals surface area contributed by atoms with Gasteiger partial charge in [-0.2, -0.15) is 4.98 Å². The maximum atomic E-state index is 5.15. The van der Waals surface area contributed by atoms with Gasteiger partial charge in [0.05, 0.1) is 7.11 Å². The Balaban J connectivity index is 2.93. The van der Waals surface area contributed by atoms with Crippen molar-refractivity contribution in [1.29, 1.82) is 0 Å². The smallest absolute Gasteiger partial charge is 0.218 e. The lowest BCUT2D eigenvalue weighted by atomic mass is 10.4. The number of nitrogens with zero attached hydrogens (tertiary/aromatic N) is 3. The van der Waals surface area contributed by atoms with Crippen molar-refractivity contribution >= 4 is 21.7 Å². The van der Waals surface area contributed by atoms with Crippen LogP contribution < -0.4 is 9.64 Å². The van der Waals surface area contributed by atoms with Crippen molar-refractivity contribution in [2.75, 3.05) is 30.4 Å². The molecule has 0 spiro atoms. The molecule has 0 atom stereocenters. The molecule has 1 heterocycles. The fourth-order valence-electron chi connectivity index (χ4n) is 1.50. The number of aromatic nitrogens is 2. The number of alkyl halides is 1. The molecule has 4 nitrogen and oxygen atoms in total. The van der Waals surface area contributed by atoms with E-state index >= 15 is 0 Å². The molecule has 1 aromatic rings. The molecule has 0 amide bonds. The highest BCUT2D eigenvalue weighted by atomic mass is 79.9. The lowest BCUT2D eigenvalue weighted by Gasteiger charge is -2.22. The molecular weight excluding hydrogens is 270 g/mol. The van der Waals surface area contributed by atoms with E-state index in [1.54, 1.807) is 7.11 Å². The molecule has 0 bridgehead atoms. The number of anilines is 1. The minimum absolute atomic E-state index is 0.623. The largest absolute Gasteiger partial charge is 0.481 e. The third-order valence-electron chi connectivity index (χ3n) is 2.18. The lowest BCUT2D eigenvalue weighted by molar-refractivity contribution is 0.395. The van der Waals surface area contributed by atoms with E-state index in [9.17, 15) is 0 Å². The predicted molar refractivity (Wildman–Crippen MR) is 69.6 cm³/mol. The van der Waals surface area contributed by atoms with Gasteiger partial charge >= 0.3 is 0 Å². The van der Waals surface area contributed by atoms with Crippen LogP contribution in [0.1, 0.15) is 19.2 Å². The third-order valence-corrected chi connectivity index (χ3v) is 2.54. The number of halogens is 1. The topological polar surface area (TPSA) is 38.2 Å². The van der Waals surface area contributed by atoms with Crippen molar-refractivity contribution in [2.24, 2.45) is 0 Å². The van der Waals surface area contributed by atoms with Crippen molar-refractivity contribution in [3.05, 3.63) is 11.9 Å². The van der Waals surface area contributed by atoms with E-state index in [4.69, 9.17) is 4.74 Å². The maximum absolute atomic E-state index is 5.15. The Labute approximate surface area is 105 Å². The molecule has 0 saturated carbocycles. The average molecular weight is 288 g/mol. The Morgan fingerprint density at radius 1 is 1.38 bits per heavy atom. The maximum Gasteiger partial charge on any atom is 0.218 e. The van der Waals surface area contributed by atoms with Gasteiger partial charge in [0, 0.05) is 24.5 Å². The first-order valence-corrected chi connectivity index (χ1v) is 6.54. The monoisotopic (exact) mass is 287 g/mol. The van der Waals surface area contributed by atoms with Gasteiger partial charge in [-0.3, -0.25) is 0 Å². The third kappa shape index (κ3) is 3.63. The van der Waals surface area contributed by atoms with Crippen LogP contribution in [-0.2, 0) is 0 Å². The Kier molecular flexibility index (Phi) is 5.52. The molecule has 16 heavy (non-hydrogen) atoms. The van der Waals surface area contributed by atoms with E-state index in [0.717, 1.165) is 36.5 Å². The second kappa shape index (κ2) is 6.68. The van der Waals surface area contributed by atoms with Crippen molar-refractivity contribution in [3.63, 3.8) is 0 Å². The molecule has 1 rings (SSSR count). The van der Waals surface area contributed by atoms with Gasteiger partial charge in [-0.15, -0.1) is 0 Å². The second-order valence-electron chi connectivity index (χ2n) is 3.49. The van der Waals surface area contributed by atoms with E-state index in [-0.39, 0.29) is 0 Å². The van der Waals surface area contributed by atoms with Crippen LogP contribution in [0, 0.1) is 6.92 Å². The van der Waals surface area contributed by atoms with Gasteiger partial charge in [0.2, 0.25) is 5.88 Å². The zero-order valence-corrected chi connectivity index (χ0v) is 11.6. The first kappa shape index (κ1) is 13.2. The van der Waals surface area contributed by atoms with Gasteiger partial charge in [-0.25, -0.2) is 4.98 Å². The molecule has 5 heteroatoms. The first-order chi connectivity index (χ1) is 7.71. The van der Waals surface area contributed by atoms with Crippen LogP contribution in [0.15, 0.2) is 6.07 Å². The standard InChI is InChI=1S/C11H18BrN3O/c1-4-6-15(7-5-12)10-8-11(16-3)14-9(2)13-10/h8H,4-7H2,1-3H3. The fraction of sp³-hybridized carbons (Fsp3) is 0.636. The normalized spacial score (nSPS) is 10.2. The molecule has 0 aliphatic carbocycles. The molecule has 0 N–H and O–H groups in total. The molecule has 0 aliphatic rings. The summed E-state index contributed by atoms with van der Waals surface area (Å²) in [6, 6.07) is 1.88. The molecule has 0 radical (unpaired) electrons. The molecule has 0 aliphatic heterocycles. The van der Waals surface area contributed by atoms with E-state index < -0.39 is 0 Å². The Morgan fingerprint density at radius 2 is 2.12 bits per heavy atom.